The van der Waals surface area contributed by atoms with Crippen LogP contribution in [0.15, 0.2) is 43.0 Å². The topological polar surface area (TPSA) is 89.8 Å². The van der Waals surface area contributed by atoms with Crippen molar-refractivity contribution in [2.24, 2.45) is 0 Å². The van der Waals surface area contributed by atoms with Gasteiger partial charge in [-0.1, -0.05) is 91.5 Å². The molecule has 0 bridgehead atoms. The van der Waals surface area contributed by atoms with Crippen molar-refractivity contribution in [2.75, 3.05) is 13.2 Å². The predicted octanol–water partition coefficient (Wildman–Crippen LogP) is 6.48. The third-order valence-corrected chi connectivity index (χ3v) is 14.8. The summed E-state index contributed by atoms with van der Waals surface area (Å²) in [7, 11) is -4.01. The number of fused-ring (bicyclic) bond motifs is 2. The maximum absolute atomic E-state index is 7.16. The average molecular weight is 599 g/mol. The van der Waals surface area contributed by atoms with Crippen molar-refractivity contribution >= 4 is 27.8 Å². The van der Waals surface area contributed by atoms with E-state index in [1.807, 2.05) is 22.8 Å². The summed E-state index contributed by atoms with van der Waals surface area (Å²) in [5, 5.41) is -0.315. The first-order chi connectivity index (χ1) is 19.2. The Hall–Kier alpha value is -2.16. The molecule has 0 saturated carbocycles. The molecule has 2 aromatic heterocycles. The van der Waals surface area contributed by atoms with Crippen molar-refractivity contribution in [2.45, 2.75) is 108 Å². The lowest BCUT2D eigenvalue weighted by Gasteiger charge is -2.53. The smallest absolute Gasteiger partial charge is 0.349 e. The van der Waals surface area contributed by atoms with E-state index < -0.39 is 29.0 Å². The van der Waals surface area contributed by atoms with Gasteiger partial charge in [0, 0.05) is 18.2 Å². The molecule has 41 heavy (non-hydrogen) atoms. The van der Waals surface area contributed by atoms with Crippen LogP contribution in [-0.4, -0.2) is 67.7 Å². The van der Waals surface area contributed by atoms with Gasteiger partial charge in [0.25, 0.3) is 0 Å². The van der Waals surface area contributed by atoms with Crippen LogP contribution in [0.3, 0.4) is 0 Å². The first kappa shape index (κ1) is 30.3. The number of hydrogen-bond acceptors (Lipinski definition) is 8. The molecule has 1 unspecified atom stereocenters. The van der Waals surface area contributed by atoms with Crippen molar-refractivity contribution < 1.29 is 23.1 Å². The molecule has 4 atom stereocenters. The van der Waals surface area contributed by atoms with Crippen molar-refractivity contribution in [1.82, 2.24) is 19.5 Å². The normalized spacial score (nSPS) is 24.9. The van der Waals surface area contributed by atoms with Gasteiger partial charge in [-0.2, -0.15) is 4.98 Å². The molecule has 0 spiro atoms. The van der Waals surface area contributed by atoms with E-state index in [4.69, 9.17) is 23.1 Å². The Morgan fingerprint density at radius 2 is 1.71 bits per heavy atom. The van der Waals surface area contributed by atoms with E-state index in [2.05, 4.69) is 88.3 Å². The lowest BCUT2D eigenvalue weighted by atomic mass is 10.1. The monoisotopic (exact) mass is 598 g/mol. The molecule has 0 N–H and O–H groups in total. The Bertz CT molecular complexity index is 1320. The number of nitrogens with zero attached hydrogens (tertiary/aromatic N) is 4. The lowest BCUT2D eigenvalue weighted by Crippen LogP contribution is -2.65. The molecular formula is C30H46N4O5Si2. The van der Waals surface area contributed by atoms with Crippen LogP contribution in [0.5, 0.6) is 5.88 Å². The van der Waals surface area contributed by atoms with Crippen LogP contribution in [-0.2, 0) is 24.9 Å². The SMILES string of the molecule is CC(C)(C)[Si]1(C(C)(C)C)OC[C@H]2OC(n3cnc4c(OCC[Si](C)(C)C)ncnc43)[C@@H](OCc3ccccc3)[C@@H]2O1. The third kappa shape index (κ3) is 6.02. The van der Waals surface area contributed by atoms with Crippen molar-refractivity contribution in [3.05, 3.63) is 48.5 Å². The summed E-state index contributed by atoms with van der Waals surface area (Å²) >= 11 is 0. The van der Waals surface area contributed by atoms with Gasteiger partial charge in [-0.3, -0.25) is 4.57 Å². The van der Waals surface area contributed by atoms with Crippen molar-refractivity contribution in [3.63, 3.8) is 0 Å². The van der Waals surface area contributed by atoms with E-state index in [9.17, 15) is 0 Å². The minimum Gasteiger partial charge on any atom is -0.476 e. The highest BCUT2D eigenvalue weighted by molar-refractivity contribution is 6.76. The summed E-state index contributed by atoms with van der Waals surface area (Å²) in [5.74, 6) is 0.496. The minimum atomic E-state index is -2.76. The first-order valence-corrected chi connectivity index (χ1v) is 20.2. The molecule has 224 valence electrons. The second-order valence-corrected chi connectivity index (χ2v) is 24.9. The molecule has 0 amide bonds. The van der Waals surface area contributed by atoms with Gasteiger partial charge >= 0.3 is 8.56 Å². The van der Waals surface area contributed by atoms with Gasteiger partial charge in [0.15, 0.2) is 17.4 Å². The molecule has 2 aliphatic rings. The van der Waals surface area contributed by atoms with Crippen LogP contribution in [0, 0.1) is 0 Å². The van der Waals surface area contributed by atoms with Gasteiger partial charge in [0.2, 0.25) is 5.88 Å². The molecule has 2 fully saturated rings. The largest absolute Gasteiger partial charge is 0.476 e. The van der Waals surface area contributed by atoms with Gasteiger partial charge in [-0.05, 0) is 11.6 Å². The van der Waals surface area contributed by atoms with Gasteiger partial charge in [-0.15, -0.1) is 0 Å². The maximum atomic E-state index is 7.16. The van der Waals surface area contributed by atoms with Gasteiger partial charge in [0.05, 0.1) is 26.1 Å². The molecule has 4 heterocycles. The third-order valence-electron chi connectivity index (χ3n) is 7.99. The van der Waals surface area contributed by atoms with Crippen LogP contribution in [0.25, 0.3) is 11.2 Å². The van der Waals surface area contributed by atoms with Crippen LogP contribution in [0.4, 0.5) is 0 Å². The minimum absolute atomic E-state index is 0.157. The Labute approximate surface area is 246 Å². The summed E-state index contributed by atoms with van der Waals surface area (Å²) in [6.45, 7) is 21.8. The van der Waals surface area contributed by atoms with Gasteiger partial charge in [-0.25, -0.2) is 9.97 Å². The Kier molecular flexibility index (Phi) is 8.25. The molecule has 2 saturated heterocycles. The zero-order valence-electron chi connectivity index (χ0n) is 26.0. The van der Waals surface area contributed by atoms with Crippen LogP contribution in [0.1, 0.15) is 53.3 Å². The van der Waals surface area contributed by atoms with Gasteiger partial charge in [0.1, 0.15) is 24.6 Å². The molecule has 9 nitrogen and oxygen atoms in total. The van der Waals surface area contributed by atoms with Crippen LogP contribution >= 0.6 is 0 Å². The van der Waals surface area contributed by atoms with E-state index >= 15 is 0 Å². The molecule has 0 aliphatic carbocycles. The van der Waals surface area contributed by atoms with E-state index in [0.29, 0.717) is 36.9 Å². The highest BCUT2D eigenvalue weighted by atomic mass is 28.4. The Balaban J connectivity index is 1.49. The molecule has 2 aliphatic heterocycles. The fourth-order valence-electron chi connectivity index (χ4n) is 6.07. The standard InChI is InChI=1S/C30H46N4O5Si2/c1-29(2,3)41(30(4,5)6)37-18-22-24(39-41)25(36-17-21-13-11-10-12-14-21)28(38-22)34-20-33-23-26(34)31-19-32-27(23)35-15-16-40(7,8)9/h10-14,19-20,22,24-25,28H,15-18H2,1-9H3/t22-,24-,25+,28?/m1/s1. The lowest BCUT2D eigenvalue weighted by molar-refractivity contribution is -0.0807. The number of rotatable bonds is 8. The number of aromatic nitrogens is 4. The molecule has 11 heteroatoms. The van der Waals surface area contributed by atoms with Crippen molar-refractivity contribution in [1.29, 1.82) is 0 Å². The fraction of sp³-hybridized carbons (Fsp3) is 0.633. The Morgan fingerprint density at radius 1 is 1.00 bits per heavy atom. The fourth-order valence-corrected chi connectivity index (χ4v) is 11.7. The van der Waals surface area contributed by atoms with E-state index in [1.165, 1.54) is 6.33 Å². The summed E-state index contributed by atoms with van der Waals surface area (Å²) < 4.78 is 35.3. The number of ether oxygens (including phenoxy) is 3. The van der Waals surface area contributed by atoms with Crippen LogP contribution < -0.4 is 4.74 Å². The van der Waals surface area contributed by atoms with Crippen molar-refractivity contribution in [3.8, 4) is 5.88 Å². The quantitative estimate of drug-likeness (QED) is 0.272. The number of hydrogen-bond donors (Lipinski definition) is 0. The summed E-state index contributed by atoms with van der Waals surface area (Å²) in [5.41, 5.74) is 2.36. The second-order valence-electron chi connectivity index (χ2n) is 14.5. The molecular weight excluding hydrogens is 553 g/mol. The molecule has 1 aromatic carbocycles. The first-order valence-electron chi connectivity index (χ1n) is 14.6. The van der Waals surface area contributed by atoms with Crippen LogP contribution in [0.2, 0.25) is 35.8 Å². The molecule has 0 radical (unpaired) electrons. The zero-order chi connectivity index (χ0) is 29.6. The highest BCUT2D eigenvalue weighted by Crippen LogP contribution is 2.56. The second kappa shape index (κ2) is 11.2. The summed E-state index contributed by atoms with van der Waals surface area (Å²) in [6.07, 6.45) is 1.81. The zero-order valence-corrected chi connectivity index (χ0v) is 28.0. The summed E-state index contributed by atoms with van der Waals surface area (Å²) in [4.78, 5) is 13.7. The Morgan fingerprint density at radius 3 is 2.37 bits per heavy atom. The summed E-state index contributed by atoms with van der Waals surface area (Å²) in [6, 6.07) is 11.2. The van der Waals surface area contributed by atoms with E-state index in [1.54, 1.807) is 6.33 Å². The van der Waals surface area contributed by atoms with E-state index in [-0.39, 0.29) is 22.3 Å². The number of imidazole rings is 1. The molecule has 3 aromatic rings. The molecule has 5 rings (SSSR count). The maximum Gasteiger partial charge on any atom is 0.349 e. The number of benzene rings is 1. The van der Waals surface area contributed by atoms with E-state index in [0.717, 1.165) is 11.6 Å². The average Bonchev–Trinajstić information content (AvgIpc) is 3.47. The van der Waals surface area contributed by atoms with Gasteiger partial charge < -0.3 is 23.1 Å². The highest BCUT2D eigenvalue weighted by Gasteiger charge is 2.65. The predicted molar refractivity (Wildman–Crippen MR) is 164 cm³/mol.